The molecule has 2 aromatic rings. The number of amides is 1. The van der Waals surface area contributed by atoms with Crippen LogP contribution in [0.3, 0.4) is 0 Å². The van der Waals surface area contributed by atoms with Crippen molar-refractivity contribution in [3.63, 3.8) is 0 Å². The van der Waals surface area contributed by atoms with Gasteiger partial charge in [-0.15, -0.1) is 0 Å². The van der Waals surface area contributed by atoms with Crippen LogP contribution >= 0.6 is 0 Å². The molecule has 2 unspecified atom stereocenters. The van der Waals surface area contributed by atoms with Crippen LogP contribution in [0.25, 0.3) is 10.9 Å². The normalized spacial score (nSPS) is 14.3. The van der Waals surface area contributed by atoms with Crippen LogP contribution in [0.1, 0.15) is 30.8 Å². The average molecular weight is 262 g/mol. The lowest BCUT2D eigenvalue weighted by Crippen LogP contribution is -2.34. The molecule has 1 aromatic carbocycles. The van der Waals surface area contributed by atoms with E-state index in [1.165, 1.54) is 0 Å². The highest BCUT2D eigenvalue weighted by Gasteiger charge is 2.17. The first kappa shape index (κ1) is 13.4. The minimum Gasteiger partial charge on any atom is -0.399 e. The predicted octanol–water partition coefficient (Wildman–Crippen LogP) is 1.03. The summed E-state index contributed by atoms with van der Waals surface area (Å²) in [6.07, 6.45) is 0.0397. The van der Waals surface area contributed by atoms with Crippen molar-refractivity contribution >= 4 is 22.5 Å². The van der Waals surface area contributed by atoms with Gasteiger partial charge in [0.25, 0.3) is 5.91 Å². The zero-order chi connectivity index (χ0) is 14.0. The van der Waals surface area contributed by atoms with E-state index in [0.29, 0.717) is 23.2 Å². The highest BCUT2D eigenvalue weighted by atomic mass is 16.3. The summed E-state index contributed by atoms with van der Waals surface area (Å²) in [4.78, 5) is 12.1. The molecule has 1 heterocycles. The number of aliphatic hydroxyl groups is 1. The van der Waals surface area contributed by atoms with Crippen LogP contribution in [-0.4, -0.2) is 33.4 Å². The van der Waals surface area contributed by atoms with Gasteiger partial charge in [-0.3, -0.25) is 9.89 Å². The maximum absolute atomic E-state index is 12.1. The molecule has 0 bridgehead atoms. The molecule has 0 saturated heterocycles. The van der Waals surface area contributed by atoms with Crippen molar-refractivity contribution in [3.8, 4) is 0 Å². The molecule has 0 radical (unpaired) electrons. The highest BCUT2D eigenvalue weighted by Crippen LogP contribution is 2.19. The molecule has 102 valence electrons. The maximum Gasteiger partial charge on any atom is 0.272 e. The maximum atomic E-state index is 12.1. The summed E-state index contributed by atoms with van der Waals surface area (Å²) in [5.74, 6) is -0.273. The van der Waals surface area contributed by atoms with Crippen LogP contribution < -0.4 is 11.1 Å². The first-order chi connectivity index (χ1) is 8.97. The van der Waals surface area contributed by atoms with Gasteiger partial charge >= 0.3 is 0 Å². The Kier molecular flexibility index (Phi) is 3.71. The molecule has 0 spiro atoms. The first-order valence-electron chi connectivity index (χ1n) is 6.20. The quantitative estimate of drug-likeness (QED) is 0.618. The fraction of sp³-hybridized carbons (Fsp3) is 0.385. The van der Waals surface area contributed by atoms with Crippen molar-refractivity contribution in [1.82, 2.24) is 15.5 Å². The Hall–Kier alpha value is -2.08. The second-order valence-electron chi connectivity index (χ2n) is 4.84. The SMILES string of the molecule is CC(O)CC(C)NC(=O)c1n[nH]c2ccc(N)cc12. The molecule has 19 heavy (non-hydrogen) atoms. The molecule has 0 saturated carbocycles. The number of rotatable bonds is 4. The van der Waals surface area contributed by atoms with Crippen molar-refractivity contribution in [2.24, 2.45) is 0 Å². The van der Waals surface area contributed by atoms with E-state index in [9.17, 15) is 9.90 Å². The summed E-state index contributed by atoms with van der Waals surface area (Å²) in [6, 6.07) is 5.12. The van der Waals surface area contributed by atoms with E-state index in [4.69, 9.17) is 5.73 Å². The van der Waals surface area contributed by atoms with Gasteiger partial charge in [0, 0.05) is 17.1 Å². The number of fused-ring (bicyclic) bond motifs is 1. The molecule has 5 N–H and O–H groups in total. The number of aromatic amines is 1. The van der Waals surface area contributed by atoms with Crippen molar-refractivity contribution in [3.05, 3.63) is 23.9 Å². The van der Waals surface area contributed by atoms with Crippen LogP contribution in [0.2, 0.25) is 0 Å². The zero-order valence-electron chi connectivity index (χ0n) is 11.0. The minimum absolute atomic E-state index is 0.125. The lowest BCUT2D eigenvalue weighted by atomic mass is 10.1. The highest BCUT2D eigenvalue weighted by molar-refractivity contribution is 6.05. The van der Waals surface area contributed by atoms with Gasteiger partial charge in [-0.1, -0.05) is 0 Å². The number of nitrogens with zero attached hydrogens (tertiary/aromatic N) is 1. The standard InChI is InChI=1S/C13H18N4O2/c1-7(5-8(2)18)15-13(19)12-10-6-9(14)3-4-11(10)16-17-12/h3-4,6-8,18H,5,14H2,1-2H3,(H,15,19)(H,16,17). The van der Waals surface area contributed by atoms with E-state index in [-0.39, 0.29) is 11.9 Å². The Morgan fingerprint density at radius 2 is 2.26 bits per heavy atom. The number of nitrogen functional groups attached to an aromatic ring is 1. The number of hydrogen-bond acceptors (Lipinski definition) is 4. The van der Waals surface area contributed by atoms with E-state index in [2.05, 4.69) is 15.5 Å². The second kappa shape index (κ2) is 5.27. The van der Waals surface area contributed by atoms with Gasteiger partial charge < -0.3 is 16.2 Å². The van der Waals surface area contributed by atoms with Gasteiger partial charge in [0.1, 0.15) is 0 Å². The number of carbonyl (C=O) groups excluding carboxylic acids is 1. The Morgan fingerprint density at radius 3 is 2.95 bits per heavy atom. The second-order valence-corrected chi connectivity index (χ2v) is 4.84. The molecule has 0 aliphatic rings. The largest absolute Gasteiger partial charge is 0.399 e. The predicted molar refractivity (Wildman–Crippen MR) is 73.7 cm³/mol. The van der Waals surface area contributed by atoms with Crippen LogP contribution in [0.5, 0.6) is 0 Å². The van der Waals surface area contributed by atoms with Gasteiger partial charge in [-0.25, -0.2) is 0 Å². The molecular weight excluding hydrogens is 244 g/mol. The van der Waals surface area contributed by atoms with Gasteiger partial charge in [-0.2, -0.15) is 5.10 Å². The molecule has 2 atom stereocenters. The van der Waals surface area contributed by atoms with Crippen molar-refractivity contribution in [2.75, 3.05) is 5.73 Å². The lowest BCUT2D eigenvalue weighted by Gasteiger charge is -2.14. The number of H-pyrrole nitrogens is 1. The fourth-order valence-corrected chi connectivity index (χ4v) is 2.07. The Balaban J connectivity index is 2.19. The zero-order valence-corrected chi connectivity index (χ0v) is 11.0. The van der Waals surface area contributed by atoms with E-state index >= 15 is 0 Å². The molecule has 0 fully saturated rings. The number of benzene rings is 1. The molecule has 6 nitrogen and oxygen atoms in total. The first-order valence-corrected chi connectivity index (χ1v) is 6.20. The third-order valence-corrected chi connectivity index (χ3v) is 2.87. The average Bonchev–Trinajstić information content (AvgIpc) is 2.70. The number of carbonyl (C=O) groups is 1. The molecule has 0 aliphatic carbocycles. The van der Waals surface area contributed by atoms with Crippen LogP contribution in [0, 0.1) is 0 Å². The number of aliphatic hydroxyl groups excluding tert-OH is 1. The summed E-state index contributed by atoms with van der Waals surface area (Å²) in [7, 11) is 0. The van der Waals surface area contributed by atoms with E-state index in [1.54, 1.807) is 25.1 Å². The minimum atomic E-state index is -0.457. The third-order valence-electron chi connectivity index (χ3n) is 2.87. The molecule has 1 amide bonds. The number of nitrogens with one attached hydrogen (secondary N) is 2. The Labute approximate surface area is 111 Å². The van der Waals surface area contributed by atoms with E-state index in [0.717, 1.165) is 5.52 Å². The van der Waals surface area contributed by atoms with Gasteiger partial charge in [0.05, 0.1) is 11.6 Å². The summed E-state index contributed by atoms with van der Waals surface area (Å²) >= 11 is 0. The monoisotopic (exact) mass is 262 g/mol. The fourth-order valence-electron chi connectivity index (χ4n) is 2.07. The number of hydrogen-bond donors (Lipinski definition) is 4. The summed E-state index contributed by atoms with van der Waals surface area (Å²) < 4.78 is 0. The molecule has 6 heteroatoms. The Bertz CT molecular complexity index is 591. The summed E-state index contributed by atoms with van der Waals surface area (Å²) in [5, 5.41) is 19.6. The van der Waals surface area contributed by atoms with E-state index in [1.807, 2.05) is 6.92 Å². The van der Waals surface area contributed by atoms with E-state index < -0.39 is 6.10 Å². The number of nitrogens with two attached hydrogens (primary N) is 1. The molecule has 2 rings (SSSR count). The number of aromatic nitrogens is 2. The topological polar surface area (TPSA) is 104 Å². The van der Waals surface area contributed by atoms with Gasteiger partial charge in [-0.05, 0) is 38.5 Å². The summed E-state index contributed by atoms with van der Waals surface area (Å²) in [6.45, 7) is 3.53. The van der Waals surface area contributed by atoms with Gasteiger partial charge in [0.15, 0.2) is 5.69 Å². The third kappa shape index (κ3) is 3.03. The molecular formula is C13H18N4O2. The van der Waals surface area contributed by atoms with Crippen LogP contribution in [0.4, 0.5) is 5.69 Å². The molecule has 0 aliphatic heterocycles. The van der Waals surface area contributed by atoms with Crippen molar-refractivity contribution in [2.45, 2.75) is 32.4 Å². The Morgan fingerprint density at radius 1 is 1.53 bits per heavy atom. The van der Waals surface area contributed by atoms with Crippen molar-refractivity contribution in [1.29, 1.82) is 0 Å². The van der Waals surface area contributed by atoms with Crippen LogP contribution in [0.15, 0.2) is 18.2 Å². The van der Waals surface area contributed by atoms with Crippen LogP contribution in [-0.2, 0) is 0 Å². The number of anilines is 1. The molecule has 1 aromatic heterocycles. The van der Waals surface area contributed by atoms with Crippen molar-refractivity contribution < 1.29 is 9.90 Å². The summed E-state index contributed by atoms with van der Waals surface area (Å²) in [5.41, 5.74) is 7.38. The smallest absolute Gasteiger partial charge is 0.272 e. The lowest BCUT2D eigenvalue weighted by molar-refractivity contribution is 0.0919. The van der Waals surface area contributed by atoms with Gasteiger partial charge in [0.2, 0.25) is 0 Å².